The smallest absolute Gasteiger partial charge is 0.255 e. The zero-order valence-electron chi connectivity index (χ0n) is 13.2. The lowest BCUT2D eigenvalue weighted by molar-refractivity contribution is 0.102. The Kier molecular flexibility index (Phi) is 4.47. The van der Waals surface area contributed by atoms with E-state index in [1.54, 1.807) is 30.5 Å². The summed E-state index contributed by atoms with van der Waals surface area (Å²) in [4.78, 5) is 16.0. The number of nitrogens with zero attached hydrogens (tertiary/aromatic N) is 1. The Balaban J connectivity index is 1.91. The number of pyridine rings is 1. The van der Waals surface area contributed by atoms with Gasteiger partial charge in [-0.2, -0.15) is 0 Å². The molecule has 128 valence electrons. The Bertz CT molecular complexity index is 1070. The number of halogens is 1. The first kappa shape index (κ1) is 17.0. The molecule has 25 heavy (non-hydrogen) atoms. The molecule has 0 saturated heterocycles. The molecule has 1 amide bonds. The van der Waals surface area contributed by atoms with Gasteiger partial charge in [0.1, 0.15) is 10.7 Å². The van der Waals surface area contributed by atoms with Crippen molar-refractivity contribution < 1.29 is 17.6 Å². The van der Waals surface area contributed by atoms with E-state index in [9.17, 15) is 17.6 Å². The first-order valence-electron chi connectivity index (χ1n) is 7.30. The monoisotopic (exact) mass is 359 g/mol. The summed E-state index contributed by atoms with van der Waals surface area (Å²) in [5.74, 6) is -1.35. The predicted molar refractivity (Wildman–Crippen MR) is 92.3 cm³/mol. The minimum atomic E-state index is -3.97. The number of rotatable bonds is 4. The Hall–Kier alpha value is -2.84. The normalized spacial score (nSPS) is 11.4. The third kappa shape index (κ3) is 3.49. The lowest BCUT2D eigenvalue weighted by Crippen LogP contribution is -2.20. The second kappa shape index (κ2) is 6.58. The highest BCUT2D eigenvalue weighted by Gasteiger charge is 2.18. The molecule has 0 saturated carbocycles. The molecule has 2 N–H and O–H groups in total. The topological polar surface area (TPSA) is 88.2 Å². The summed E-state index contributed by atoms with van der Waals surface area (Å²) in [6.07, 6.45) is 1.62. The Labute approximate surface area is 143 Å². The van der Waals surface area contributed by atoms with Crippen LogP contribution < -0.4 is 10.0 Å². The lowest BCUT2D eigenvalue weighted by Gasteiger charge is -2.09. The van der Waals surface area contributed by atoms with Crippen molar-refractivity contribution in [3.05, 3.63) is 66.1 Å². The second-order valence-corrected chi connectivity index (χ2v) is 7.07. The maximum atomic E-state index is 13.7. The first-order chi connectivity index (χ1) is 11.9. The van der Waals surface area contributed by atoms with Crippen molar-refractivity contribution in [2.45, 2.75) is 4.90 Å². The molecule has 0 radical (unpaired) electrons. The van der Waals surface area contributed by atoms with E-state index in [2.05, 4.69) is 10.3 Å². The first-order valence-corrected chi connectivity index (χ1v) is 8.78. The molecule has 0 spiro atoms. The predicted octanol–water partition coefficient (Wildman–Crippen LogP) is 2.53. The van der Waals surface area contributed by atoms with E-state index in [0.29, 0.717) is 11.1 Å². The molecule has 1 heterocycles. The molecule has 0 atom stereocenters. The van der Waals surface area contributed by atoms with E-state index in [1.807, 2.05) is 10.8 Å². The zero-order valence-corrected chi connectivity index (χ0v) is 14.0. The van der Waals surface area contributed by atoms with Crippen molar-refractivity contribution in [1.29, 1.82) is 0 Å². The summed E-state index contributed by atoms with van der Waals surface area (Å²) in [6, 6.07) is 12.0. The van der Waals surface area contributed by atoms with E-state index in [4.69, 9.17) is 0 Å². The highest BCUT2D eigenvalue weighted by Crippen LogP contribution is 2.20. The number of hydrogen-bond acceptors (Lipinski definition) is 4. The number of amides is 1. The second-order valence-electron chi connectivity index (χ2n) is 5.22. The molecule has 0 unspecified atom stereocenters. The van der Waals surface area contributed by atoms with Crippen LogP contribution in [0.5, 0.6) is 0 Å². The van der Waals surface area contributed by atoms with Crippen molar-refractivity contribution in [2.75, 3.05) is 12.4 Å². The fourth-order valence-corrected chi connectivity index (χ4v) is 3.13. The van der Waals surface area contributed by atoms with E-state index < -0.39 is 26.6 Å². The van der Waals surface area contributed by atoms with Crippen LogP contribution in [0.1, 0.15) is 10.4 Å². The SMILES string of the molecule is CNS(=O)(=O)c1cc(NC(=O)c2ccc3cccnc3c2)ccc1F. The van der Waals surface area contributed by atoms with Gasteiger partial charge in [-0.25, -0.2) is 17.5 Å². The Morgan fingerprint density at radius 3 is 2.68 bits per heavy atom. The minimum Gasteiger partial charge on any atom is -0.322 e. The van der Waals surface area contributed by atoms with Crippen LogP contribution in [0.3, 0.4) is 0 Å². The van der Waals surface area contributed by atoms with Crippen molar-refractivity contribution >= 4 is 32.5 Å². The van der Waals surface area contributed by atoms with Gasteiger partial charge in [-0.1, -0.05) is 12.1 Å². The van der Waals surface area contributed by atoms with Gasteiger partial charge >= 0.3 is 0 Å². The molecule has 2 aromatic carbocycles. The zero-order chi connectivity index (χ0) is 18.0. The molecule has 0 aliphatic rings. The van der Waals surface area contributed by atoms with Crippen LogP contribution in [-0.4, -0.2) is 26.4 Å². The number of benzene rings is 2. The number of sulfonamides is 1. The summed E-state index contributed by atoms with van der Waals surface area (Å²) in [5.41, 5.74) is 1.18. The van der Waals surface area contributed by atoms with Gasteiger partial charge in [-0.05, 0) is 43.4 Å². The molecule has 0 fully saturated rings. The van der Waals surface area contributed by atoms with E-state index in [1.165, 1.54) is 13.1 Å². The van der Waals surface area contributed by atoms with Gasteiger partial charge in [0.15, 0.2) is 0 Å². The molecular weight excluding hydrogens is 345 g/mol. The Morgan fingerprint density at radius 1 is 1.12 bits per heavy atom. The summed E-state index contributed by atoms with van der Waals surface area (Å²) in [5, 5.41) is 3.45. The fraction of sp³-hybridized carbons (Fsp3) is 0.0588. The molecule has 0 aliphatic heterocycles. The van der Waals surface area contributed by atoms with Gasteiger partial charge in [-0.3, -0.25) is 9.78 Å². The standard InChI is InChI=1S/C17H14FN3O3S/c1-19-25(23,24)16-10-13(6-7-14(16)18)21-17(22)12-5-4-11-3-2-8-20-15(11)9-12/h2-10,19H,1H3,(H,21,22). The summed E-state index contributed by atoms with van der Waals surface area (Å²) in [6.45, 7) is 0. The van der Waals surface area contributed by atoms with Crippen molar-refractivity contribution in [1.82, 2.24) is 9.71 Å². The Morgan fingerprint density at radius 2 is 1.92 bits per heavy atom. The number of hydrogen-bond donors (Lipinski definition) is 2. The molecule has 6 nitrogen and oxygen atoms in total. The summed E-state index contributed by atoms with van der Waals surface area (Å²) < 4.78 is 39.4. The fourth-order valence-electron chi connectivity index (χ4n) is 2.31. The highest BCUT2D eigenvalue weighted by molar-refractivity contribution is 7.89. The van der Waals surface area contributed by atoms with Crippen LogP contribution >= 0.6 is 0 Å². The van der Waals surface area contributed by atoms with Gasteiger partial charge in [0, 0.05) is 22.8 Å². The highest BCUT2D eigenvalue weighted by atomic mass is 32.2. The number of carbonyl (C=O) groups excluding carboxylic acids is 1. The van der Waals surface area contributed by atoms with Crippen molar-refractivity contribution in [3.8, 4) is 0 Å². The minimum absolute atomic E-state index is 0.168. The largest absolute Gasteiger partial charge is 0.322 e. The van der Waals surface area contributed by atoms with Crippen LogP contribution in [0, 0.1) is 5.82 Å². The van der Waals surface area contributed by atoms with Crippen LogP contribution in [0.15, 0.2) is 59.6 Å². The maximum absolute atomic E-state index is 13.7. The number of fused-ring (bicyclic) bond motifs is 1. The molecule has 3 aromatic rings. The molecule has 1 aromatic heterocycles. The van der Waals surface area contributed by atoms with E-state index in [-0.39, 0.29) is 5.69 Å². The van der Waals surface area contributed by atoms with Crippen molar-refractivity contribution in [3.63, 3.8) is 0 Å². The maximum Gasteiger partial charge on any atom is 0.255 e. The quantitative estimate of drug-likeness (QED) is 0.749. The number of nitrogens with one attached hydrogen (secondary N) is 2. The van der Waals surface area contributed by atoms with Gasteiger partial charge in [0.25, 0.3) is 5.91 Å². The van der Waals surface area contributed by atoms with Crippen molar-refractivity contribution in [2.24, 2.45) is 0 Å². The van der Waals surface area contributed by atoms with E-state index >= 15 is 0 Å². The molecule has 0 bridgehead atoms. The van der Waals surface area contributed by atoms with Crippen LogP contribution in [-0.2, 0) is 10.0 Å². The average Bonchev–Trinajstić information content (AvgIpc) is 2.62. The van der Waals surface area contributed by atoms with Gasteiger partial charge in [0.05, 0.1) is 5.52 Å². The van der Waals surface area contributed by atoms with Gasteiger partial charge in [-0.15, -0.1) is 0 Å². The van der Waals surface area contributed by atoms with Crippen LogP contribution in [0.25, 0.3) is 10.9 Å². The summed E-state index contributed by atoms with van der Waals surface area (Å²) >= 11 is 0. The van der Waals surface area contributed by atoms with Gasteiger partial charge in [0.2, 0.25) is 10.0 Å². The van der Waals surface area contributed by atoms with Crippen LogP contribution in [0.4, 0.5) is 10.1 Å². The molecule has 8 heteroatoms. The van der Waals surface area contributed by atoms with Crippen LogP contribution in [0.2, 0.25) is 0 Å². The van der Waals surface area contributed by atoms with E-state index in [0.717, 1.165) is 17.5 Å². The lowest BCUT2D eigenvalue weighted by atomic mass is 10.1. The van der Waals surface area contributed by atoms with Gasteiger partial charge < -0.3 is 5.32 Å². The summed E-state index contributed by atoms with van der Waals surface area (Å²) in [7, 11) is -2.78. The third-order valence-corrected chi connectivity index (χ3v) is 5.04. The number of aromatic nitrogens is 1. The number of anilines is 1. The average molecular weight is 359 g/mol. The molecule has 0 aliphatic carbocycles. The molecule has 3 rings (SSSR count). The number of carbonyl (C=O) groups is 1. The third-order valence-electron chi connectivity index (χ3n) is 3.62. The molecular formula is C17H14FN3O3S.